The average Bonchev–Trinajstić information content (AvgIpc) is 3.35. The van der Waals surface area contributed by atoms with Gasteiger partial charge in [0.05, 0.1) is 37.4 Å². The van der Waals surface area contributed by atoms with Crippen molar-refractivity contribution in [3.63, 3.8) is 0 Å². The molecule has 4 heterocycles. The maximum absolute atomic E-state index is 15.0. The first-order chi connectivity index (χ1) is 34.2. The summed E-state index contributed by atoms with van der Waals surface area (Å²) in [5.41, 5.74) is 0.339. The van der Waals surface area contributed by atoms with Crippen molar-refractivity contribution in [3.05, 3.63) is 23.8 Å². The molecule has 0 aromatic heterocycles. The van der Waals surface area contributed by atoms with Crippen molar-refractivity contribution in [2.75, 3.05) is 19.8 Å². The van der Waals surface area contributed by atoms with E-state index in [9.17, 15) is 66.1 Å². The van der Waals surface area contributed by atoms with Gasteiger partial charge in [-0.15, -0.1) is 0 Å². The molecular formula is C52H82O21. The van der Waals surface area contributed by atoms with Crippen LogP contribution < -0.4 is 0 Å². The van der Waals surface area contributed by atoms with Gasteiger partial charge in [0.2, 0.25) is 6.29 Å². The number of carbonyl (C=O) groups excluding carboxylic acids is 1. The number of carbonyl (C=O) groups is 1. The highest BCUT2D eigenvalue weighted by Crippen LogP contribution is 2.75. The van der Waals surface area contributed by atoms with Gasteiger partial charge in [0.1, 0.15) is 85.5 Å². The largest absolute Gasteiger partial charge is 0.432 e. The summed E-state index contributed by atoms with van der Waals surface area (Å²) in [7, 11) is 0. The first kappa shape index (κ1) is 55.9. The maximum Gasteiger partial charge on any atom is 0.315 e. The zero-order valence-corrected chi connectivity index (χ0v) is 42.8. The van der Waals surface area contributed by atoms with Crippen LogP contribution in [0.3, 0.4) is 0 Å². The Morgan fingerprint density at radius 1 is 0.685 bits per heavy atom. The summed E-state index contributed by atoms with van der Waals surface area (Å²) in [5, 5.41) is 128. The summed E-state index contributed by atoms with van der Waals surface area (Å²) >= 11 is 0. The molecule has 4 saturated heterocycles. The van der Waals surface area contributed by atoms with E-state index in [4.69, 9.17) is 37.9 Å². The number of aliphatic hydroxyl groups excluding tert-OH is 12. The van der Waals surface area contributed by atoms with Crippen molar-refractivity contribution in [2.45, 2.75) is 229 Å². The van der Waals surface area contributed by atoms with Gasteiger partial charge in [-0.25, -0.2) is 0 Å². The lowest BCUT2D eigenvalue weighted by Gasteiger charge is -2.71. The van der Waals surface area contributed by atoms with E-state index in [1.54, 1.807) is 0 Å². The molecule has 4 saturated carbocycles. The second kappa shape index (κ2) is 20.4. The third kappa shape index (κ3) is 9.12. The van der Waals surface area contributed by atoms with Gasteiger partial charge < -0.3 is 99.2 Å². The monoisotopic (exact) mass is 1040 g/mol. The minimum absolute atomic E-state index is 0.0874. The zero-order valence-electron chi connectivity index (χ0n) is 42.8. The molecule has 4 aliphatic heterocycles. The van der Waals surface area contributed by atoms with Crippen LogP contribution in [-0.4, -0.2) is 210 Å². The summed E-state index contributed by atoms with van der Waals surface area (Å²) in [6, 6.07) is 0. The van der Waals surface area contributed by atoms with Crippen LogP contribution in [0.25, 0.3) is 0 Å². The number of rotatable bonds is 10. The predicted octanol–water partition coefficient (Wildman–Crippen LogP) is -0.839. The highest BCUT2D eigenvalue weighted by Gasteiger charge is 2.70. The molecule has 73 heavy (non-hydrogen) atoms. The topological polar surface area (TPSA) is 334 Å². The molecule has 0 aromatic rings. The average molecular weight is 1040 g/mol. The highest BCUT2D eigenvalue weighted by atomic mass is 16.8. The summed E-state index contributed by atoms with van der Waals surface area (Å²) in [5.74, 6) is -0.327. The quantitative estimate of drug-likeness (QED) is 0.0721. The molecular weight excluding hydrogens is 961 g/mol. The lowest BCUT2D eigenvalue weighted by Crippen LogP contribution is -2.66. The van der Waals surface area contributed by atoms with Gasteiger partial charge in [-0.1, -0.05) is 58.4 Å². The Morgan fingerprint density at radius 2 is 1.34 bits per heavy atom. The van der Waals surface area contributed by atoms with E-state index in [2.05, 4.69) is 47.3 Å². The maximum atomic E-state index is 15.0. The van der Waals surface area contributed by atoms with Crippen LogP contribution in [-0.2, 0) is 42.7 Å². The van der Waals surface area contributed by atoms with Gasteiger partial charge in [-0.05, 0) is 105 Å². The van der Waals surface area contributed by atoms with Crippen LogP contribution in [0.1, 0.15) is 106 Å². The van der Waals surface area contributed by atoms with Crippen molar-refractivity contribution in [2.24, 2.45) is 44.8 Å². The Balaban J connectivity index is 0.880. The van der Waals surface area contributed by atoms with Gasteiger partial charge in [0, 0.05) is 5.92 Å². The molecule has 416 valence electrons. The number of aliphatic hydroxyl groups is 12. The molecule has 0 radical (unpaired) electrons. The molecule has 9 rings (SSSR count). The Kier molecular flexibility index (Phi) is 15.7. The third-order valence-electron chi connectivity index (χ3n) is 20.4. The molecule has 12 N–H and O–H groups in total. The predicted molar refractivity (Wildman–Crippen MR) is 251 cm³/mol. The number of ether oxygens (including phenoxy) is 8. The van der Waals surface area contributed by atoms with E-state index in [0.29, 0.717) is 32.1 Å². The van der Waals surface area contributed by atoms with Crippen molar-refractivity contribution < 1.29 is 104 Å². The number of allylic oxidation sites excluding steroid dienone is 3. The highest BCUT2D eigenvalue weighted by molar-refractivity contribution is 5.79. The van der Waals surface area contributed by atoms with Crippen molar-refractivity contribution in [3.8, 4) is 0 Å². The van der Waals surface area contributed by atoms with E-state index >= 15 is 0 Å². The van der Waals surface area contributed by atoms with E-state index in [1.165, 1.54) is 12.5 Å². The van der Waals surface area contributed by atoms with Gasteiger partial charge in [-0.3, -0.25) is 4.79 Å². The summed E-state index contributed by atoms with van der Waals surface area (Å²) in [4.78, 5) is 15.0. The van der Waals surface area contributed by atoms with Crippen LogP contribution in [0.15, 0.2) is 23.8 Å². The Bertz CT molecular complexity index is 2040. The Labute approximate surface area is 426 Å². The smallest absolute Gasteiger partial charge is 0.315 e. The number of hydrogen-bond acceptors (Lipinski definition) is 21. The molecule has 0 bridgehead atoms. The van der Waals surface area contributed by atoms with Crippen molar-refractivity contribution in [1.29, 1.82) is 0 Å². The molecule has 0 aromatic carbocycles. The fourth-order valence-corrected chi connectivity index (χ4v) is 15.7. The van der Waals surface area contributed by atoms with E-state index in [0.717, 1.165) is 37.7 Å². The van der Waals surface area contributed by atoms with Gasteiger partial charge in [-0.2, -0.15) is 0 Å². The van der Waals surface area contributed by atoms with Gasteiger partial charge in [0.25, 0.3) is 0 Å². The van der Waals surface area contributed by atoms with Crippen LogP contribution in [0.4, 0.5) is 0 Å². The first-order valence-electron chi connectivity index (χ1n) is 26.4. The van der Waals surface area contributed by atoms with Crippen LogP contribution >= 0.6 is 0 Å². The van der Waals surface area contributed by atoms with E-state index in [1.807, 2.05) is 0 Å². The molecule has 27 atom stereocenters. The molecule has 8 fully saturated rings. The lowest BCUT2D eigenvalue weighted by atomic mass is 9.34. The van der Waals surface area contributed by atoms with E-state index < -0.39 is 141 Å². The SMILES string of the molecule is C=C1CC[C@]2(C(=O)O[C@@H]3O[C@H](CO[C@@H]4O[C@H](CO)[C@@H](O[C@@H]5O[C@@H](C)[C@H](O)[C@@H](O)[C@H]5O)[C@H](O)[C@H]4O)[C@@H](O)[C@H](O)[C@H]3O)CC[C@]3(C)C(=CCC4[C@@]5(C)CC[C@H](O[C@@H]6OC[C@H](O)[C@H](O)[C@H]6O)C(C)(C)C5CC[C@]43C)[C@@H]2C1. The van der Waals surface area contributed by atoms with Crippen LogP contribution in [0, 0.1) is 44.8 Å². The number of fused-ring (bicyclic) bond motifs is 7. The fourth-order valence-electron chi connectivity index (χ4n) is 15.7. The molecule has 21 heteroatoms. The molecule has 2 unspecified atom stereocenters. The number of esters is 1. The minimum Gasteiger partial charge on any atom is -0.432 e. The van der Waals surface area contributed by atoms with Crippen LogP contribution in [0.5, 0.6) is 0 Å². The Hall–Kier alpha value is -1.81. The second-order valence-electron chi connectivity index (χ2n) is 24.4. The summed E-state index contributed by atoms with van der Waals surface area (Å²) in [6.45, 7) is 15.9. The third-order valence-corrected chi connectivity index (χ3v) is 20.4. The summed E-state index contributed by atoms with van der Waals surface area (Å²) < 4.78 is 46.9. The van der Waals surface area contributed by atoms with Crippen molar-refractivity contribution in [1.82, 2.24) is 0 Å². The fraction of sp³-hybridized carbons (Fsp3) is 0.904. The molecule has 21 nitrogen and oxygen atoms in total. The van der Waals surface area contributed by atoms with Crippen molar-refractivity contribution >= 4 is 5.97 Å². The molecule has 9 aliphatic rings. The van der Waals surface area contributed by atoms with E-state index in [-0.39, 0.29) is 52.1 Å². The summed E-state index contributed by atoms with van der Waals surface area (Å²) in [6.07, 6.45) is -20.3. The standard InChI is InChI=1S/C52H82O21/c1-22-10-15-52(47(65)73-46-40(63)36(59)34(57)28(70-46)21-67-43-41(64)37(60)42(27(19-53)69-43)72-45-39(62)35(58)32(55)23(2)68-45)17-16-50(6)24(25(52)18-22)8-9-30-49(5)13-12-31(48(3,4)29(49)11-14-51(30,50)7)71-44-38(61)33(56)26(54)20-66-44/h8,23,25-46,53-64H,1,9-21H2,2-7H3/t23-,25-,26-,27+,28+,29?,30?,31-,32-,33-,34+,35+,36-,37+,38+,39+,40+,41+,42+,43+,44-,45-,46-,49-,50+,51+,52-/m0/s1. The number of hydrogen-bond donors (Lipinski definition) is 12. The first-order valence-corrected chi connectivity index (χ1v) is 26.4. The molecule has 0 spiro atoms. The minimum atomic E-state index is -1.87. The van der Waals surface area contributed by atoms with Crippen LogP contribution in [0.2, 0.25) is 0 Å². The lowest BCUT2D eigenvalue weighted by molar-refractivity contribution is -0.361. The second-order valence-corrected chi connectivity index (χ2v) is 24.4. The normalized spacial score (nSPS) is 54.0. The Morgan fingerprint density at radius 3 is 2.05 bits per heavy atom. The molecule has 0 amide bonds. The van der Waals surface area contributed by atoms with Gasteiger partial charge >= 0.3 is 5.97 Å². The van der Waals surface area contributed by atoms with Gasteiger partial charge in [0.15, 0.2) is 18.9 Å². The zero-order chi connectivity index (χ0) is 53.1. The molecule has 5 aliphatic carbocycles.